The molecule has 2 heterocycles. The normalized spacial score (nSPS) is 12.4. The van der Waals surface area contributed by atoms with E-state index in [2.05, 4.69) is 216 Å². The smallest absolute Gasteiger partial charge is 0.112 e. The molecule has 0 N–H and O–H groups in total. The minimum Gasteiger partial charge on any atom is -0.309 e. The van der Waals surface area contributed by atoms with Crippen LogP contribution in [0.25, 0.3) is 98.8 Å². The van der Waals surface area contributed by atoms with Crippen LogP contribution >= 0.6 is 0 Å². The molecule has 0 aliphatic rings. The third-order valence-electron chi connectivity index (χ3n) is 12.8. The van der Waals surface area contributed by atoms with Crippen molar-refractivity contribution in [2.75, 3.05) is 0 Å². The Labute approximate surface area is 332 Å². The summed E-state index contributed by atoms with van der Waals surface area (Å²) in [7, 11) is -1.92. The first-order valence-corrected chi connectivity index (χ1v) is 22.9. The molecule has 0 spiro atoms. The van der Waals surface area contributed by atoms with Crippen LogP contribution in [-0.4, -0.2) is 17.2 Å². The van der Waals surface area contributed by atoms with E-state index in [-0.39, 0.29) is 0 Å². The van der Waals surface area contributed by atoms with Crippen LogP contribution < -0.4 is 10.4 Å². The van der Waals surface area contributed by atoms with Crippen LogP contribution in [0.2, 0.25) is 13.1 Å². The average Bonchev–Trinajstić information content (AvgIpc) is 3.80. The van der Waals surface area contributed by atoms with Gasteiger partial charge in [0.25, 0.3) is 0 Å². The number of hydrogen-bond donors (Lipinski definition) is 0. The number of aromatic nitrogens is 2. The molecule has 2 aromatic heterocycles. The van der Waals surface area contributed by atoms with Crippen molar-refractivity contribution in [3.05, 3.63) is 194 Å². The SMILES string of the molecule is C[Si](C)(c1ccc(-c2ccc(-n3c4cccc5ccc6cccc3c6c54)cc2)cc1)c1ccc(-c2ccc(-n3c4cccc5ccc6cccc3c6c54)cc2)cc1. The number of benzene rings is 10. The Morgan fingerprint density at radius 3 is 0.825 bits per heavy atom. The molecule has 57 heavy (non-hydrogen) atoms. The van der Waals surface area contributed by atoms with Gasteiger partial charge in [-0.15, -0.1) is 0 Å². The van der Waals surface area contributed by atoms with Gasteiger partial charge in [0, 0.05) is 32.9 Å². The third kappa shape index (κ3) is 4.76. The fraction of sp³-hybridized carbons (Fsp3) is 0.0370. The Kier molecular flexibility index (Phi) is 6.82. The molecule has 0 unspecified atom stereocenters. The molecule has 0 saturated heterocycles. The highest BCUT2D eigenvalue weighted by Gasteiger charge is 2.26. The van der Waals surface area contributed by atoms with Crippen molar-refractivity contribution in [3.8, 4) is 33.6 Å². The van der Waals surface area contributed by atoms with Crippen molar-refractivity contribution in [3.63, 3.8) is 0 Å². The number of hydrogen-bond acceptors (Lipinski definition) is 0. The van der Waals surface area contributed by atoms with Crippen molar-refractivity contribution in [2.45, 2.75) is 13.1 Å². The van der Waals surface area contributed by atoms with Gasteiger partial charge in [-0.25, -0.2) is 0 Å². The Bertz CT molecular complexity index is 3070. The Balaban J connectivity index is 0.804. The van der Waals surface area contributed by atoms with Crippen molar-refractivity contribution in [1.82, 2.24) is 9.13 Å². The van der Waals surface area contributed by atoms with Crippen molar-refractivity contribution < 1.29 is 0 Å². The maximum Gasteiger partial charge on any atom is 0.112 e. The lowest BCUT2D eigenvalue weighted by molar-refractivity contribution is 1.18. The molecule has 0 aliphatic heterocycles. The van der Waals surface area contributed by atoms with E-state index in [1.165, 1.54) is 109 Å². The van der Waals surface area contributed by atoms with E-state index in [0.717, 1.165) is 0 Å². The summed E-state index contributed by atoms with van der Waals surface area (Å²) >= 11 is 0. The first-order valence-electron chi connectivity index (χ1n) is 19.9. The van der Waals surface area contributed by atoms with E-state index in [1.54, 1.807) is 0 Å². The molecule has 0 amide bonds. The second-order valence-electron chi connectivity index (χ2n) is 16.2. The molecule has 0 bridgehead atoms. The van der Waals surface area contributed by atoms with Gasteiger partial charge in [-0.3, -0.25) is 0 Å². The maximum atomic E-state index is 2.46. The van der Waals surface area contributed by atoms with E-state index < -0.39 is 8.07 Å². The summed E-state index contributed by atoms with van der Waals surface area (Å²) in [6.07, 6.45) is 0. The van der Waals surface area contributed by atoms with Crippen LogP contribution in [0.5, 0.6) is 0 Å². The Hall–Kier alpha value is -6.94. The van der Waals surface area contributed by atoms with Crippen LogP contribution in [0.15, 0.2) is 194 Å². The molecule has 10 aromatic carbocycles. The molecular weight excluding hydrogens is 705 g/mol. The lowest BCUT2D eigenvalue weighted by Crippen LogP contribution is -2.52. The van der Waals surface area contributed by atoms with E-state index in [1.807, 2.05) is 0 Å². The average molecular weight is 743 g/mol. The summed E-state index contributed by atoms with van der Waals surface area (Å²) in [5.74, 6) is 0. The molecule has 3 heteroatoms. The van der Waals surface area contributed by atoms with Crippen LogP contribution in [0.1, 0.15) is 0 Å². The minimum absolute atomic E-state index is 1.19. The fourth-order valence-electron chi connectivity index (χ4n) is 9.73. The van der Waals surface area contributed by atoms with Crippen LogP contribution in [0.4, 0.5) is 0 Å². The Morgan fingerprint density at radius 1 is 0.281 bits per heavy atom. The van der Waals surface area contributed by atoms with Crippen molar-refractivity contribution in [2.24, 2.45) is 0 Å². The van der Waals surface area contributed by atoms with Crippen LogP contribution in [0.3, 0.4) is 0 Å². The highest BCUT2D eigenvalue weighted by Crippen LogP contribution is 2.40. The zero-order valence-electron chi connectivity index (χ0n) is 31.9. The lowest BCUT2D eigenvalue weighted by atomic mass is 10.0. The molecular formula is C54H38N2Si. The van der Waals surface area contributed by atoms with Gasteiger partial charge in [0.15, 0.2) is 0 Å². The molecule has 0 atom stereocenters. The fourth-order valence-corrected chi connectivity index (χ4v) is 12.1. The zero-order chi connectivity index (χ0) is 37.8. The van der Waals surface area contributed by atoms with Gasteiger partial charge < -0.3 is 9.13 Å². The summed E-state index contributed by atoms with van der Waals surface area (Å²) in [4.78, 5) is 0. The van der Waals surface area contributed by atoms with Gasteiger partial charge in [0.2, 0.25) is 0 Å². The third-order valence-corrected chi connectivity index (χ3v) is 16.3. The maximum absolute atomic E-state index is 2.46. The number of nitrogens with zero attached hydrogens (tertiary/aromatic N) is 2. The van der Waals surface area contributed by atoms with E-state index in [4.69, 9.17) is 0 Å². The monoisotopic (exact) mass is 742 g/mol. The topological polar surface area (TPSA) is 9.86 Å². The zero-order valence-corrected chi connectivity index (χ0v) is 32.9. The van der Waals surface area contributed by atoms with E-state index in [0.29, 0.717) is 0 Å². The largest absolute Gasteiger partial charge is 0.309 e. The van der Waals surface area contributed by atoms with Gasteiger partial charge in [-0.1, -0.05) is 169 Å². The molecule has 0 aliphatic carbocycles. The van der Waals surface area contributed by atoms with Gasteiger partial charge in [-0.05, 0) is 92.3 Å². The summed E-state index contributed by atoms with van der Waals surface area (Å²) in [5, 5.41) is 13.4. The quantitative estimate of drug-likeness (QED) is 0.119. The van der Waals surface area contributed by atoms with Crippen LogP contribution in [0, 0.1) is 0 Å². The van der Waals surface area contributed by atoms with Gasteiger partial charge in [-0.2, -0.15) is 0 Å². The molecule has 268 valence electrons. The molecule has 2 nitrogen and oxygen atoms in total. The van der Waals surface area contributed by atoms with Crippen molar-refractivity contribution >= 4 is 83.6 Å². The summed E-state index contributed by atoms with van der Waals surface area (Å²) in [5.41, 5.74) is 12.4. The second kappa shape index (κ2) is 12.0. The minimum atomic E-state index is -1.92. The highest BCUT2D eigenvalue weighted by atomic mass is 28.3. The van der Waals surface area contributed by atoms with Gasteiger partial charge in [0.05, 0.1) is 22.1 Å². The van der Waals surface area contributed by atoms with Crippen molar-refractivity contribution in [1.29, 1.82) is 0 Å². The lowest BCUT2D eigenvalue weighted by Gasteiger charge is -2.24. The van der Waals surface area contributed by atoms with Gasteiger partial charge >= 0.3 is 0 Å². The van der Waals surface area contributed by atoms with E-state index >= 15 is 0 Å². The van der Waals surface area contributed by atoms with E-state index in [9.17, 15) is 0 Å². The molecule has 0 radical (unpaired) electrons. The molecule has 0 saturated carbocycles. The highest BCUT2D eigenvalue weighted by molar-refractivity contribution is 7.00. The molecule has 0 fully saturated rings. The van der Waals surface area contributed by atoms with Crippen LogP contribution in [-0.2, 0) is 0 Å². The summed E-state index contributed by atoms with van der Waals surface area (Å²) in [6.45, 7) is 4.93. The Morgan fingerprint density at radius 2 is 0.544 bits per heavy atom. The predicted molar refractivity (Wildman–Crippen MR) is 247 cm³/mol. The first-order chi connectivity index (χ1) is 28.0. The van der Waals surface area contributed by atoms with Gasteiger partial charge in [0.1, 0.15) is 8.07 Å². The molecule has 12 rings (SSSR count). The second-order valence-corrected chi connectivity index (χ2v) is 20.6. The standard InChI is InChI=1S/C54H38N2Si/c1-57(2,45-31-23-37(24-32-45)35-19-27-43(28-20-35)55-47-11-3-7-39-15-16-40-8-4-12-48(55)52(40)51(39)47)46-33-25-38(26-34-46)36-21-29-44(30-22-36)56-49-13-5-9-41-17-18-42-10-6-14-50(56)54(42)53(41)49/h3-34H,1-2H3. The summed E-state index contributed by atoms with van der Waals surface area (Å²) in [6, 6.07) is 72.4. The summed E-state index contributed by atoms with van der Waals surface area (Å²) < 4.78 is 4.83. The first kappa shape index (κ1) is 32.3. The molecule has 12 aromatic rings. The number of rotatable bonds is 6. The predicted octanol–water partition coefficient (Wildman–Crippen LogP) is 13.2.